The first-order chi connectivity index (χ1) is 10.6. The van der Waals surface area contributed by atoms with Crippen LogP contribution in [-0.2, 0) is 9.53 Å². The molecule has 2 aromatic rings. The molecule has 114 valence electrons. The molecule has 4 nitrogen and oxygen atoms in total. The lowest BCUT2D eigenvalue weighted by Gasteiger charge is -2.14. The van der Waals surface area contributed by atoms with Gasteiger partial charge in [-0.15, -0.1) is 11.3 Å². The summed E-state index contributed by atoms with van der Waals surface area (Å²) in [7, 11) is 1.62. The van der Waals surface area contributed by atoms with Gasteiger partial charge >= 0.3 is 0 Å². The Hall–Kier alpha value is -1.50. The number of ether oxygens (including phenoxy) is 1. The molecule has 2 heterocycles. The third-order valence-electron chi connectivity index (χ3n) is 3.48. The summed E-state index contributed by atoms with van der Waals surface area (Å²) >= 11 is 5.27. The Morgan fingerprint density at radius 1 is 1.41 bits per heavy atom. The zero-order valence-electron chi connectivity index (χ0n) is 12.3. The number of halogens is 1. The second kappa shape index (κ2) is 6.32. The minimum atomic E-state index is -0.0705. The molecular formula is C16H15BrN2O2S. The van der Waals surface area contributed by atoms with Crippen molar-refractivity contribution in [1.29, 1.82) is 0 Å². The predicted octanol–water partition coefficient (Wildman–Crippen LogP) is 3.91. The standard InChI is InChI=1S/C16H15BrN2O2S/c1-10-18-12(16(20)19(10)7-8-21-2)9-14-15(17)11-5-3-4-6-13(11)22-14/h3-6,9H,7-8H2,1-2H3/b12-9-. The number of aliphatic imine (C=N–C) groups is 1. The van der Waals surface area contributed by atoms with Gasteiger partial charge in [-0.05, 0) is 35.0 Å². The molecule has 0 spiro atoms. The smallest absolute Gasteiger partial charge is 0.277 e. The first kappa shape index (κ1) is 15.4. The molecule has 6 heteroatoms. The number of benzene rings is 1. The van der Waals surface area contributed by atoms with E-state index in [0.717, 1.165) is 14.7 Å². The fraction of sp³-hybridized carbons (Fsp3) is 0.250. The monoisotopic (exact) mass is 378 g/mol. The van der Waals surface area contributed by atoms with E-state index in [-0.39, 0.29) is 5.91 Å². The summed E-state index contributed by atoms with van der Waals surface area (Å²) in [6.45, 7) is 2.86. The second-order valence-corrected chi connectivity index (χ2v) is 6.79. The van der Waals surface area contributed by atoms with E-state index in [9.17, 15) is 4.79 Å². The molecule has 1 aliphatic rings. The Morgan fingerprint density at radius 2 is 2.18 bits per heavy atom. The van der Waals surface area contributed by atoms with E-state index in [2.05, 4.69) is 33.1 Å². The normalized spacial score (nSPS) is 16.9. The summed E-state index contributed by atoms with van der Waals surface area (Å²) in [6.07, 6.45) is 1.85. The zero-order chi connectivity index (χ0) is 15.7. The number of amides is 1. The number of methoxy groups -OCH3 is 1. The van der Waals surface area contributed by atoms with Crippen LogP contribution in [0.1, 0.15) is 11.8 Å². The third-order valence-corrected chi connectivity index (χ3v) is 5.72. The Labute approximate surface area is 141 Å². The van der Waals surface area contributed by atoms with Crippen LogP contribution in [0.25, 0.3) is 16.2 Å². The van der Waals surface area contributed by atoms with E-state index in [1.165, 1.54) is 4.70 Å². The minimum absolute atomic E-state index is 0.0705. The summed E-state index contributed by atoms with van der Waals surface area (Å²) in [4.78, 5) is 19.5. The molecule has 0 saturated heterocycles. The molecule has 0 saturated carbocycles. The summed E-state index contributed by atoms with van der Waals surface area (Å²) in [5.41, 5.74) is 0.473. The third kappa shape index (κ3) is 2.74. The summed E-state index contributed by atoms with van der Waals surface area (Å²) in [5.74, 6) is 0.643. The largest absolute Gasteiger partial charge is 0.383 e. The fourth-order valence-corrected chi connectivity index (χ4v) is 4.23. The maximum atomic E-state index is 12.4. The highest BCUT2D eigenvalue weighted by Crippen LogP contribution is 2.37. The SMILES string of the molecule is COCCN1C(=O)/C(=C/c2sc3ccccc3c2Br)N=C1C. The second-order valence-electron chi connectivity index (χ2n) is 4.91. The number of carbonyl (C=O) groups is 1. The van der Waals surface area contributed by atoms with Crippen molar-refractivity contribution < 1.29 is 9.53 Å². The summed E-state index contributed by atoms with van der Waals surface area (Å²) in [5, 5.41) is 1.15. The van der Waals surface area contributed by atoms with Crippen molar-refractivity contribution in [2.45, 2.75) is 6.92 Å². The van der Waals surface area contributed by atoms with Crippen molar-refractivity contribution >= 4 is 55.2 Å². The van der Waals surface area contributed by atoms with E-state index in [1.807, 2.05) is 25.1 Å². The van der Waals surface area contributed by atoms with Crippen LogP contribution in [0.4, 0.5) is 0 Å². The molecule has 1 aliphatic heterocycles. The summed E-state index contributed by atoms with van der Waals surface area (Å²) in [6, 6.07) is 8.15. The van der Waals surface area contributed by atoms with Crippen LogP contribution in [0.5, 0.6) is 0 Å². The maximum Gasteiger partial charge on any atom is 0.277 e. The van der Waals surface area contributed by atoms with Gasteiger partial charge in [0, 0.05) is 26.5 Å². The molecule has 1 aromatic carbocycles. The number of carbonyl (C=O) groups excluding carboxylic acids is 1. The van der Waals surface area contributed by atoms with Gasteiger partial charge in [-0.1, -0.05) is 18.2 Å². The topological polar surface area (TPSA) is 41.9 Å². The van der Waals surface area contributed by atoms with Crippen LogP contribution in [0, 0.1) is 0 Å². The van der Waals surface area contributed by atoms with Crippen molar-refractivity contribution in [2.24, 2.45) is 4.99 Å². The Kier molecular flexibility index (Phi) is 4.42. The van der Waals surface area contributed by atoms with Crippen LogP contribution in [-0.4, -0.2) is 36.9 Å². The van der Waals surface area contributed by atoms with Gasteiger partial charge in [0.25, 0.3) is 5.91 Å². The van der Waals surface area contributed by atoms with Crippen molar-refractivity contribution in [3.8, 4) is 0 Å². The van der Waals surface area contributed by atoms with Gasteiger partial charge in [0.05, 0.1) is 13.2 Å². The number of rotatable bonds is 4. The van der Waals surface area contributed by atoms with Gasteiger partial charge in [-0.3, -0.25) is 9.69 Å². The minimum Gasteiger partial charge on any atom is -0.383 e. The van der Waals surface area contributed by atoms with Crippen molar-refractivity contribution in [2.75, 3.05) is 20.3 Å². The van der Waals surface area contributed by atoms with Crippen LogP contribution < -0.4 is 0 Å². The Bertz CT molecular complexity index is 795. The number of thiophene rings is 1. The number of nitrogens with zero attached hydrogens (tertiary/aromatic N) is 2. The molecule has 3 rings (SSSR count). The highest BCUT2D eigenvalue weighted by Gasteiger charge is 2.27. The van der Waals surface area contributed by atoms with Gasteiger partial charge < -0.3 is 4.74 Å². The fourth-order valence-electron chi connectivity index (χ4n) is 2.36. The molecule has 0 atom stereocenters. The van der Waals surface area contributed by atoms with Crippen molar-refractivity contribution in [3.63, 3.8) is 0 Å². The highest BCUT2D eigenvalue weighted by atomic mass is 79.9. The summed E-state index contributed by atoms with van der Waals surface area (Å²) < 4.78 is 7.23. The quantitative estimate of drug-likeness (QED) is 0.756. The number of amidine groups is 1. The zero-order valence-corrected chi connectivity index (χ0v) is 14.7. The van der Waals surface area contributed by atoms with Gasteiger partial charge in [-0.2, -0.15) is 0 Å². The van der Waals surface area contributed by atoms with Gasteiger partial charge in [0.1, 0.15) is 11.5 Å². The average molecular weight is 379 g/mol. The Morgan fingerprint density at radius 3 is 2.91 bits per heavy atom. The lowest BCUT2D eigenvalue weighted by atomic mass is 10.2. The lowest BCUT2D eigenvalue weighted by molar-refractivity contribution is -0.123. The maximum absolute atomic E-state index is 12.4. The number of fused-ring (bicyclic) bond motifs is 1. The number of hydrogen-bond donors (Lipinski definition) is 0. The molecule has 0 radical (unpaired) electrons. The van der Waals surface area contributed by atoms with Crippen molar-refractivity contribution in [3.05, 3.63) is 39.3 Å². The molecule has 0 N–H and O–H groups in total. The molecular weight excluding hydrogens is 364 g/mol. The molecule has 0 bridgehead atoms. The van der Waals surface area contributed by atoms with Crippen LogP contribution in [0.2, 0.25) is 0 Å². The van der Waals surface area contributed by atoms with Crippen LogP contribution in [0.15, 0.2) is 39.4 Å². The van der Waals surface area contributed by atoms with E-state index in [4.69, 9.17) is 4.74 Å². The predicted molar refractivity (Wildman–Crippen MR) is 94.2 cm³/mol. The molecule has 0 fully saturated rings. The van der Waals surface area contributed by atoms with Gasteiger partial charge in [-0.25, -0.2) is 4.99 Å². The average Bonchev–Trinajstić information content (AvgIpc) is 2.96. The first-order valence-electron chi connectivity index (χ1n) is 6.86. The van der Waals surface area contributed by atoms with Crippen molar-refractivity contribution in [1.82, 2.24) is 4.90 Å². The van der Waals surface area contributed by atoms with E-state index in [1.54, 1.807) is 23.3 Å². The lowest BCUT2D eigenvalue weighted by Crippen LogP contribution is -2.33. The Balaban J connectivity index is 1.95. The highest BCUT2D eigenvalue weighted by molar-refractivity contribution is 9.10. The molecule has 0 unspecified atom stereocenters. The van der Waals surface area contributed by atoms with Gasteiger partial charge in [0.15, 0.2) is 0 Å². The van der Waals surface area contributed by atoms with Crippen LogP contribution >= 0.6 is 27.3 Å². The van der Waals surface area contributed by atoms with Crippen LogP contribution in [0.3, 0.4) is 0 Å². The molecule has 0 aliphatic carbocycles. The van der Waals surface area contributed by atoms with E-state index in [0.29, 0.717) is 24.7 Å². The molecule has 1 amide bonds. The number of hydrogen-bond acceptors (Lipinski definition) is 4. The van der Waals surface area contributed by atoms with Gasteiger partial charge in [0.2, 0.25) is 0 Å². The molecule has 22 heavy (non-hydrogen) atoms. The molecule has 1 aromatic heterocycles. The first-order valence-corrected chi connectivity index (χ1v) is 8.47. The van der Waals surface area contributed by atoms with E-state index >= 15 is 0 Å². The van der Waals surface area contributed by atoms with E-state index < -0.39 is 0 Å².